The van der Waals surface area contributed by atoms with Gasteiger partial charge in [0, 0.05) is 6.42 Å². The molecule has 0 saturated carbocycles. The highest BCUT2D eigenvalue weighted by atomic mass is 32.2. The molecule has 0 fully saturated rings. The normalized spacial score (nSPS) is 14.4. The van der Waals surface area contributed by atoms with Gasteiger partial charge in [0.1, 0.15) is 6.04 Å². The highest BCUT2D eigenvalue weighted by molar-refractivity contribution is 7.98. The van der Waals surface area contributed by atoms with Crippen molar-refractivity contribution in [3.63, 3.8) is 0 Å². The fourth-order valence-corrected chi connectivity index (χ4v) is 1.96. The van der Waals surface area contributed by atoms with Crippen LogP contribution < -0.4 is 16.8 Å². The lowest BCUT2D eigenvalue weighted by molar-refractivity contribution is -0.406. The zero-order valence-electron chi connectivity index (χ0n) is 10.9. The predicted octanol–water partition coefficient (Wildman–Crippen LogP) is -0.634. The number of nitrogens with one attached hydrogen (secondary N) is 1. The first-order valence-electron chi connectivity index (χ1n) is 5.80. The molecule has 17 heavy (non-hydrogen) atoms. The van der Waals surface area contributed by atoms with Gasteiger partial charge in [0.15, 0.2) is 6.04 Å². The van der Waals surface area contributed by atoms with Gasteiger partial charge in [-0.2, -0.15) is 11.8 Å². The van der Waals surface area contributed by atoms with Crippen molar-refractivity contribution in [2.24, 2.45) is 11.7 Å². The van der Waals surface area contributed by atoms with Crippen molar-refractivity contribution in [2.45, 2.75) is 38.8 Å². The number of nitrogens with two attached hydrogens (primary N) is 1. The van der Waals surface area contributed by atoms with Gasteiger partial charge in [-0.15, -0.1) is 0 Å². The molecular weight excluding hydrogens is 238 g/mol. The van der Waals surface area contributed by atoms with Crippen LogP contribution in [0.1, 0.15) is 26.7 Å². The Kier molecular flexibility index (Phi) is 7.99. The van der Waals surface area contributed by atoms with E-state index in [2.05, 4.69) is 11.1 Å². The number of hydrogen-bond donors (Lipinski definition) is 3. The first kappa shape index (κ1) is 16.2. The molecule has 0 aliphatic rings. The number of primary amides is 1. The molecule has 0 aromatic carbocycles. The first-order chi connectivity index (χ1) is 7.88. The van der Waals surface area contributed by atoms with Crippen LogP contribution in [-0.4, -0.2) is 35.9 Å². The van der Waals surface area contributed by atoms with Crippen LogP contribution in [0.4, 0.5) is 0 Å². The lowest BCUT2D eigenvalue weighted by Crippen LogP contribution is -2.69. The number of amides is 2. The van der Waals surface area contributed by atoms with Crippen LogP contribution in [0.3, 0.4) is 0 Å². The van der Waals surface area contributed by atoms with E-state index in [0.29, 0.717) is 18.8 Å². The first-order valence-corrected chi connectivity index (χ1v) is 7.19. The second-order valence-electron chi connectivity index (χ2n) is 4.57. The standard InChI is InChI=1S/C11H23N3O2S/c1-7(2)6-8(12)11(16)14-9(10(13)15)4-5-17-3/h7-9H,4-6,12H2,1-3H3,(H2,13,15)(H,14,16)/p+1/t8-,9-/m0/s1. The summed E-state index contributed by atoms with van der Waals surface area (Å²) in [5.74, 6) is 0.522. The Morgan fingerprint density at radius 3 is 2.41 bits per heavy atom. The van der Waals surface area contributed by atoms with Crippen molar-refractivity contribution >= 4 is 23.6 Å². The number of quaternary nitrogens is 1. The molecule has 5 nitrogen and oxygen atoms in total. The number of rotatable bonds is 8. The predicted molar refractivity (Wildman–Crippen MR) is 70.3 cm³/mol. The summed E-state index contributed by atoms with van der Waals surface area (Å²) in [5, 5.41) is 2.67. The van der Waals surface area contributed by atoms with Gasteiger partial charge in [-0.3, -0.25) is 9.59 Å². The van der Waals surface area contributed by atoms with E-state index in [1.54, 1.807) is 11.8 Å². The van der Waals surface area contributed by atoms with Crippen LogP contribution in [0.15, 0.2) is 0 Å². The van der Waals surface area contributed by atoms with Crippen molar-refractivity contribution in [2.75, 3.05) is 12.0 Å². The second kappa shape index (κ2) is 8.36. The van der Waals surface area contributed by atoms with E-state index in [1.807, 2.05) is 20.1 Å². The Morgan fingerprint density at radius 1 is 1.41 bits per heavy atom. The highest BCUT2D eigenvalue weighted by Gasteiger charge is 2.24. The van der Waals surface area contributed by atoms with Crippen molar-refractivity contribution in [3.05, 3.63) is 0 Å². The quantitative estimate of drug-likeness (QED) is 0.543. The fourth-order valence-electron chi connectivity index (χ4n) is 1.49. The number of hydrogen-bond acceptors (Lipinski definition) is 3. The molecule has 100 valence electrons. The van der Waals surface area contributed by atoms with E-state index in [-0.39, 0.29) is 11.9 Å². The van der Waals surface area contributed by atoms with Gasteiger partial charge in [0.05, 0.1) is 0 Å². The van der Waals surface area contributed by atoms with Crippen molar-refractivity contribution < 1.29 is 15.3 Å². The SMILES string of the molecule is CSCC[C@H](NC(=O)[C@@H]([NH3+])CC(C)C)C(N)=O. The van der Waals surface area contributed by atoms with Crippen LogP contribution in [0.25, 0.3) is 0 Å². The minimum Gasteiger partial charge on any atom is -0.368 e. The molecule has 0 aromatic heterocycles. The third-order valence-corrected chi connectivity index (χ3v) is 3.04. The maximum atomic E-state index is 11.8. The molecule has 0 heterocycles. The van der Waals surface area contributed by atoms with Crippen LogP contribution in [-0.2, 0) is 9.59 Å². The lowest BCUT2D eigenvalue weighted by Gasteiger charge is -2.17. The average molecular weight is 262 g/mol. The zero-order chi connectivity index (χ0) is 13.4. The largest absolute Gasteiger partial charge is 0.368 e. The summed E-state index contributed by atoms with van der Waals surface area (Å²) in [7, 11) is 0. The molecule has 0 spiro atoms. The van der Waals surface area contributed by atoms with Gasteiger partial charge >= 0.3 is 0 Å². The topological polar surface area (TPSA) is 99.8 Å². The van der Waals surface area contributed by atoms with Gasteiger partial charge in [0.2, 0.25) is 5.91 Å². The van der Waals surface area contributed by atoms with Gasteiger partial charge in [-0.05, 0) is 24.3 Å². The van der Waals surface area contributed by atoms with Gasteiger partial charge in [0.25, 0.3) is 5.91 Å². The Bertz CT molecular complexity index is 259. The molecule has 0 unspecified atom stereocenters. The van der Waals surface area contributed by atoms with Crippen LogP contribution in [0.5, 0.6) is 0 Å². The van der Waals surface area contributed by atoms with E-state index in [1.165, 1.54) is 0 Å². The molecule has 0 bridgehead atoms. The summed E-state index contributed by atoms with van der Waals surface area (Å²) >= 11 is 1.62. The van der Waals surface area contributed by atoms with E-state index in [0.717, 1.165) is 5.75 Å². The van der Waals surface area contributed by atoms with Crippen molar-refractivity contribution in [1.82, 2.24) is 5.32 Å². The van der Waals surface area contributed by atoms with Crippen LogP contribution in [0.2, 0.25) is 0 Å². The molecule has 6 N–H and O–H groups in total. The van der Waals surface area contributed by atoms with Crippen LogP contribution >= 0.6 is 11.8 Å². The van der Waals surface area contributed by atoms with E-state index in [4.69, 9.17) is 5.73 Å². The lowest BCUT2D eigenvalue weighted by atomic mass is 10.0. The van der Waals surface area contributed by atoms with E-state index >= 15 is 0 Å². The zero-order valence-corrected chi connectivity index (χ0v) is 11.7. The van der Waals surface area contributed by atoms with Crippen LogP contribution in [0, 0.1) is 5.92 Å². The minimum absolute atomic E-state index is 0.191. The van der Waals surface area contributed by atoms with E-state index in [9.17, 15) is 9.59 Å². The number of thioether (sulfide) groups is 1. The Morgan fingerprint density at radius 2 is 2.00 bits per heavy atom. The third kappa shape index (κ3) is 7.23. The Hall–Kier alpha value is -0.750. The van der Waals surface area contributed by atoms with Gasteiger partial charge in [-0.1, -0.05) is 13.8 Å². The molecule has 0 aliphatic carbocycles. The highest BCUT2D eigenvalue weighted by Crippen LogP contribution is 2.04. The van der Waals surface area contributed by atoms with Crippen molar-refractivity contribution in [3.8, 4) is 0 Å². The summed E-state index contributed by atoms with van der Waals surface area (Å²) in [6.45, 7) is 4.06. The molecule has 0 aromatic rings. The third-order valence-electron chi connectivity index (χ3n) is 2.40. The van der Waals surface area contributed by atoms with E-state index < -0.39 is 11.9 Å². The Labute approximate surface area is 107 Å². The maximum Gasteiger partial charge on any atom is 0.278 e. The monoisotopic (exact) mass is 262 g/mol. The molecule has 2 atom stereocenters. The fraction of sp³-hybridized carbons (Fsp3) is 0.818. The smallest absolute Gasteiger partial charge is 0.278 e. The molecule has 2 amide bonds. The minimum atomic E-state index is -0.577. The molecule has 6 heteroatoms. The molecule has 0 aliphatic heterocycles. The second-order valence-corrected chi connectivity index (χ2v) is 5.56. The van der Waals surface area contributed by atoms with Gasteiger partial charge in [-0.25, -0.2) is 0 Å². The average Bonchev–Trinajstić information content (AvgIpc) is 2.22. The maximum absolute atomic E-state index is 11.8. The summed E-state index contributed by atoms with van der Waals surface area (Å²) in [6, 6.07) is -0.905. The van der Waals surface area contributed by atoms with Gasteiger partial charge < -0.3 is 16.8 Å². The molecular formula is C11H24N3O2S+. The summed E-state index contributed by atoms with van der Waals surface area (Å²) in [5.41, 5.74) is 9.05. The summed E-state index contributed by atoms with van der Waals surface area (Å²) in [6.07, 6.45) is 3.22. The summed E-state index contributed by atoms with van der Waals surface area (Å²) < 4.78 is 0. The van der Waals surface area contributed by atoms with Crippen molar-refractivity contribution in [1.29, 1.82) is 0 Å². The summed E-state index contributed by atoms with van der Waals surface area (Å²) in [4.78, 5) is 22.9. The molecule has 0 rings (SSSR count). The molecule has 0 saturated heterocycles. The number of carbonyl (C=O) groups excluding carboxylic acids is 2. The number of carbonyl (C=O) groups is 2. The Balaban J connectivity index is 4.24. The molecule has 0 radical (unpaired) electrons.